The molecule has 0 saturated heterocycles. The van der Waals surface area contributed by atoms with Gasteiger partial charge in [-0.25, -0.2) is 0 Å². The van der Waals surface area contributed by atoms with Crippen molar-refractivity contribution in [3.05, 3.63) is 0 Å². The minimum Gasteiger partial charge on any atom is -0.370 e. The summed E-state index contributed by atoms with van der Waals surface area (Å²) in [5.41, 5.74) is 7.79. The third-order valence-corrected chi connectivity index (χ3v) is 3.74. The molecule has 1 amide bonds. The molecule has 0 bridgehead atoms. The van der Waals surface area contributed by atoms with E-state index >= 15 is 0 Å². The summed E-state index contributed by atoms with van der Waals surface area (Å²) in [6.07, 6.45) is 17.3. The molecule has 0 aliphatic carbocycles. The lowest BCUT2D eigenvalue weighted by molar-refractivity contribution is -0.118. The van der Waals surface area contributed by atoms with Gasteiger partial charge in [-0.05, 0) is 12.8 Å². The van der Waals surface area contributed by atoms with E-state index in [9.17, 15) is 4.79 Å². The maximum absolute atomic E-state index is 10.5. The molecule has 0 aromatic rings. The molecule has 120 valence electrons. The van der Waals surface area contributed by atoms with E-state index in [2.05, 4.69) is 5.43 Å². The Kier molecular flexibility index (Phi) is 15.9. The van der Waals surface area contributed by atoms with Crippen LogP contribution < -0.4 is 17.0 Å². The Labute approximate surface area is 125 Å². The van der Waals surface area contributed by atoms with Crippen molar-refractivity contribution >= 4 is 5.91 Å². The number of rotatable bonds is 16. The maximum atomic E-state index is 10.5. The Morgan fingerprint density at radius 2 is 1.00 bits per heavy atom. The number of amides is 1. The van der Waals surface area contributed by atoms with Gasteiger partial charge in [-0.3, -0.25) is 16.1 Å². The van der Waals surface area contributed by atoms with E-state index in [0.29, 0.717) is 6.42 Å². The number of unbranched alkanes of at least 4 members (excludes halogenated alkanes) is 12. The van der Waals surface area contributed by atoms with E-state index in [1.54, 1.807) is 0 Å². The van der Waals surface area contributed by atoms with Crippen LogP contribution in [0.2, 0.25) is 0 Å². The zero-order chi connectivity index (χ0) is 14.9. The average Bonchev–Trinajstić information content (AvgIpc) is 2.43. The van der Waals surface area contributed by atoms with Crippen molar-refractivity contribution in [1.82, 2.24) is 5.43 Å². The Morgan fingerprint density at radius 1 is 0.650 bits per heavy atom. The number of nitrogens with two attached hydrogens (primary N) is 2. The molecule has 4 heteroatoms. The van der Waals surface area contributed by atoms with Crippen molar-refractivity contribution in [2.45, 2.75) is 89.9 Å². The lowest BCUT2D eigenvalue weighted by Gasteiger charge is -2.03. The first kappa shape index (κ1) is 19.4. The van der Waals surface area contributed by atoms with Gasteiger partial charge in [0.05, 0.1) is 0 Å². The number of primary amides is 1. The van der Waals surface area contributed by atoms with Gasteiger partial charge in [0, 0.05) is 13.0 Å². The van der Waals surface area contributed by atoms with Crippen LogP contribution in [0.15, 0.2) is 0 Å². The van der Waals surface area contributed by atoms with Crippen molar-refractivity contribution in [2.24, 2.45) is 11.6 Å². The molecular weight excluding hydrogens is 250 g/mol. The highest BCUT2D eigenvalue weighted by Gasteiger charge is 1.96. The minimum atomic E-state index is -0.163. The summed E-state index contributed by atoms with van der Waals surface area (Å²) in [6, 6.07) is 0. The summed E-state index contributed by atoms with van der Waals surface area (Å²) in [7, 11) is 0. The standard InChI is InChI=1S/C16H35N3O/c17-16(20)14-12-10-8-6-4-2-1-3-5-7-9-11-13-15-19-18/h19H,1-15,18H2,(H2,17,20). The molecule has 0 aliphatic heterocycles. The lowest BCUT2D eigenvalue weighted by Crippen LogP contribution is -2.22. The molecule has 0 aromatic heterocycles. The van der Waals surface area contributed by atoms with Gasteiger partial charge in [0.25, 0.3) is 0 Å². The van der Waals surface area contributed by atoms with Crippen molar-refractivity contribution in [1.29, 1.82) is 0 Å². The van der Waals surface area contributed by atoms with E-state index in [4.69, 9.17) is 11.6 Å². The molecule has 0 aliphatic rings. The van der Waals surface area contributed by atoms with E-state index in [0.717, 1.165) is 19.4 Å². The predicted molar refractivity (Wildman–Crippen MR) is 86.0 cm³/mol. The second kappa shape index (κ2) is 16.4. The van der Waals surface area contributed by atoms with Crippen molar-refractivity contribution in [3.8, 4) is 0 Å². The number of carbonyl (C=O) groups is 1. The molecule has 0 radical (unpaired) electrons. The van der Waals surface area contributed by atoms with Crippen molar-refractivity contribution < 1.29 is 4.79 Å². The highest BCUT2D eigenvalue weighted by atomic mass is 16.1. The molecule has 0 saturated carbocycles. The van der Waals surface area contributed by atoms with Crippen LogP contribution in [0.5, 0.6) is 0 Å². The van der Waals surface area contributed by atoms with Crippen LogP contribution in [0.4, 0.5) is 0 Å². The molecule has 0 aromatic carbocycles. The second-order valence-electron chi connectivity index (χ2n) is 5.77. The first-order valence-corrected chi connectivity index (χ1v) is 8.49. The third-order valence-electron chi connectivity index (χ3n) is 3.74. The van der Waals surface area contributed by atoms with Gasteiger partial charge in [0.1, 0.15) is 0 Å². The molecule has 0 atom stereocenters. The molecular formula is C16H35N3O. The van der Waals surface area contributed by atoms with Crippen molar-refractivity contribution in [3.63, 3.8) is 0 Å². The summed E-state index contributed by atoms with van der Waals surface area (Å²) in [4.78, 5) is 10.5. The predicted octanol–water partition coefficient (Wildman–Crippen LogP) is 3.40. The van der Waals surface area contributed by atoms with Crippen LogP contribution in [0.25, 0.3) is 0 Å². The van der Waals surface area contributed by atoms with Gasteiger partial charge in [0.15, 0.2) is 0 Å². The first-order valence-electron chi connectivity index (χ1n) is 8.49. The number of carbonyl (C=O) groups excluding carboxylic acids is 1. The number of hydrogen-bond donors (Lipinski definition) is 3. The van der Waals surface area contributed by atoms with Gasteiger partial charge in [0.2, 0.25) is 5.91 Å². The fourth-order valence-electron chi connectivity index (χ4n) is 2.47. The van der Waals surface area contributed by atoms with Gasteiger partial charge in [-0.1, -0.05) is 70.6 Å². The van der Waals surface area contributed by atoms with E-state index in [1.807, 2.05) is 0 Å². The number of nitrogens with one attached hydrogen (secondary N) is 1. The third kappa shape index (κ3) is 17.4. The number of hydrogen-bond acceptors (Lipinski definition) is 3. The summed E-state index contributed by atoms with van der Waals surface area (Å²) < 4.78 is 0. The minimum absolute atomic E-state index is 0.163. The van der Waals surface area contributed by atoms with Crippen LogP contribution in [-0.2, 0) is 4.79 Å². The molecule has 0 heterocycles. The largest absolute Gasteiger partial charge is 0.370 e. The molecule has 0 rings (SSSR count). The summed E-state index contributed by atoms with van der Waals surface area (Å²) in [5.74, 6) is 5.06. The van der Waals surface area contributed by atoms with Crippen LogP contribution in [0, 0.1) is 0 Å². The topological polar surface area (TPSA) is 81.1 Å². The van der Waals surface area contributed by atoms with E-state index in [1.165, 1.54) is 70.6 Å². The quantitative estimate of drug-likeness (QED) is 0.231. The van der Waals surface area contributed by atoms with Crippen LogP contribution in [0.3, 0.4) is 0 Å². The van der Waals surface area contributed by atoms with Gasteiger partial charge < -0.3 is 5.73 Å². The zero-order valence-corrected chi connectivity index (χ0v) is 13.2. The second-order valence-corrected chi connectivity index (χ2v) is 5.77. The molecule has 0 fully saturated rings. The van der Waals surface area contributed by atoms with Gasteiger partial charge in [-0.2, -0.15) is 0 Å². The number of hydrazine groups is 1. The first-order chi connectivity index (χ1) is 9.77. The smallest absolute Gasteiger partial charge is 0.217 e. The summed E-state index contributed by atoms with van der Waals surface area (Å²) in [5, 5.41) is 0. The van der Waals surface area contributed by atoms with Crippen LogP contribution in [0.1, 0.15) is 89.9 Å². The molecule has 20 heavy (non-hydrogen) atoms. The monoisotopic (exact) mass is 285 g/mol. The summed E-state index contributed by atoms with van der Waals surface area (Å²) >= 11 is 0. The highest BCUT2D eigenvalue weighted by molar-refractivity contribution is 5.73. The normalized spacial score (nSPS) is 10.8. The Balaban J connectivity index is 2.94. The lowest BCUT2D eigenvalue weighted by atomic mass is 10.0. The van der Waals surface area contributed by atoms with Gasteiger partial charge in [-0.15, -0.1) is 0 Å². The molecule has 0 unspecified atom stereocenters. The maximum Gasteiger partial charge on any atom is 0.217 e. The molecule has 0 spiro atoms. The SMILES string of the molecule is NNCCCCCCCCCCCCCCCC(N)=O. The van der Waals surface area contributed by atoms with Crippen LogP contribution in [-0.4, -0.2) is 12.5 Å². The Bertz CT molecular complexity index is 210. The fraction of sp³-hybridized carbons (Fsp3) is 0.938. The zero-order valence-electron chi connectivity index (χ0n) is 13.2. The summed E-state index contributed by atoms with van der Waals surface area (Å²) in [6.45, 7) is 0.944. The molecule has 5 N–H and O–H groups in total. The van der Waals surface area contributed by atoms with Crippen molar-refractivity contribution in [2.75, 3.05) is 6.54 Å². The Morgan fingerprint density at radius 3 is 1.35 bits per heavy atom. The Hall–Kier alpha value is -0.610. The van der Waals surface area contributed by atoms with Gasteiger partial charge >= 0.3 is 0 Å². The molecule has 4 nitrogen and oxygen atoms in total. The highest BCUT2D eigenvalue weighted by Crippen LogP contribution is 2.12. The fourth-order valence-corrected chi connectivity index (χ4v) is 2.47. The van der Waals surface area contributed by atoms with E-state index < -0.39 is 0 Å². The van der Waals surface area contributed by atoms with Crippen LogP contribution >= 0.6 is 0 Å². The average molecular weight is 285 g/mol. The van der Waals surface area contributed by atoms with E-state index in [-0.39, 0.29) is 5.91 Å².